The first-order valence-corrected chi connectivity index (χ1v) is 6.66. The largest absolute Gasteiger partial charge is 0.479 e. The molecule has 1 atom stereocenters. The molecule has 3 heteroatoms. The van der Waals surface area contributed by atoms with E-state index in [1.54, 1.807) is 6.92 Å². The Kier molecular flexibility index (Phi) is 4.24. The molecule has 0 saturated heterocycles. The second kappa shape index (κ2) is 5.89. The smallest absolute Gasteiger partial charge is 0.344 e. The highest BCUT2D eigenvalue weighted by atomic mass is 16.5. The molecule has 1 aromatic rings. The molecule has 0 amide bonds. The van der Waals surface area contributed by atoms with E-state index in [9.17, 15) is 4.79 Å². The zero-order valence-corrected chi connectivity index (χ0v) is 10.8. The lowest BCUT2D eigenvalue weighted by Gasteiger charge is -2.22. The van der Waals surface area contributed by atoms with E-state index >= 15 is 0 Å². The zero-order chi connectivity index (χ0) is 13.0. The van der Waals surface area contributed by atoms with E-state index in [4.69, 9.17) is 9.84 Å². The standard InChI is InChI=1S/C15H20O3/c1-11(15(16)17)18-14-9-5-8-13(10-14)12-6-3-2-4-7-12/h5,8-12H,2-4,6-7H2,1H3,(H,16,17). The fourth-order valence-corrected chi connectivity index (χ4v) is 2.53. The summed E-state index contributed by atoms with van der Waals surface area (Å²) in [5, 5.41) is 8.84. The first kappa shape index (κ1) is 12.9. The summed E-state index contributed by atoms with van der Waals surface area (Å²) in [4.78, 5) is 10.8. The van der Waals surface area contributed by atoms with Gasteiger partial charge >= 0.3 is 5.97 Å². The summed E-state index contributed by atoms with van der Waals surface area (Å²) in [7, 11) is 0. The first-order chi connectivity index (χ1) is 8.66. The van der Waals surface area contributed by atoms with Crippen molar-refractivity contribution in [1.29, 1.82) is 0 Å². The highest BCUT2D eigenvalue weighted by Gasteiger charge is 2.17. The Labute approximate surface area is 108 Å². The van der Waals surface area contributed by atoms with Crippen molar-refractivity contribution < 1.29 is 14.6 Å². The van der Waals surface area contributed by atoms with Crippen LogP contribution < -0.4 is 4.74 Å². The van der Waals surface area contributed by atoms with E-state index in [2.05, 4.69) is 6.07 Å². The van der Waals surface area contributed by atoms with Gasteiger partial charge in [-0.2, -0.15) is 0 Å². The highest BCUT2D eigenvalue weighted by molar-refractivity contribution is 5.72. The Morgan fingerprint density at radius 2 is 2.06 bits per heavy atom. The van der Waals surface area contributed by atoms with Crippen LogP contribution in [0, 0.1) is 0 Å². The van der Waals surface area contributed by atoms with Crippen molar-refractivity contribution in [2.75, 3.05) is 0 Å². The molecule has 1 N–H and O–H groups in total. The van der Waals surface area contributed by atoms with Crippen molar-refractivity contribution >= 4 is 5.97 Å². The summed E-state index contributed by atoms with van der Waals surface area (Å²) in [6.45, 7) is 1.55. The molecule has 2 rings (SSSR count). The second-order valence-electron chi connectivity index (χ2n) is 5.01. The van der Waals surface area contributed by atoms with Gasteiger partial charge in [-0.05, 0) is 43.4 Å². The van der Waals surface area contributed by atoms with Crippen LogP contribution in [0.25, 0.3) is 0 Å². The van der Waals surface area contributed by atoms with Gasteiger partial charge in [0.2, 0.25) is 0 Å². The summed E-state index contributed by atoms with van der Waals surface area (Å²) < 4.78 is 5.41. The van der Waals surface area contributed by atoms with Gasteiger partial charge in [-0.3, -0.25) is 0 Å². The number of carboxylic acid groups (broad SMARTS) is 1. The van der Waals surface area contributed by atoms with Crippen molar-refractivity contribution in [3.05, 3.63) is 29.8 Å². The van der Waals surface area contributed by atoms with Crippen LogP contribution in [-0.4, -0.2) is 17.2 Å². The fourth-order valence-electron chi connectivity index (χ4n) is 2.53. The summed E-state index contributed by atoms with van der Waals surface area (Å²) in [6, 6.07) is 7.89. The molecule has 3 nitrogen and oxygen atoms in total. The average molecular weight is 248 g/mol. The molecular weight excluding hydrogens is 228 g/mol. The highest BCUT2D eigenvalue weighted by Crippen LogP contribution is 2.33. The van der Waals surface area contributed by atoms with Crippen molar-refractivity contribution in [1.82, 2.24) is 0 Å². The maximum absolute atomic E-state index is 10.8. The molecule has 0 radical (unpaired) electrons. The minimum Gasteiger partial charge on any atom is -0.479 e. The Hall–Kier alpha value is -1.51. The predicted octanol–water partition coefficient (Wildman–Crippen LogP) is 3.59. The Balaban J connectivity index is 2.06. The van der Waals surface area contributed by atoms with Crippen LogP contribution in [0.3, 0.4) is 0 Å². The molecule has 0 heterocycles. The molecule has 18 heavy (non-hydrogen) atoms. The number of carbonyl (C=O) groups is 1. The minimum atomic E-state index is -0.932. The van der Waals surface area contributed by atoms with Crippen LogP contribution in [0.2, 0.25) is 0 Å². The number of hydrogen-bond donors (Lipinski definition) is 1. The third-order valence-corrected chi connectivity index (χ3v) is 3.60. The lowest BCUT2D eigenvalue weighted by molar-refractivity contribution is -0.144. The quantitative estimate of drug-likeness (QED) is 0.885. The molecule has 1 aromatic carbocycles. The maximum atomic E-state index is 10.8. The molecule has 0 bridgehead atoms. The fraction of sp³-hybridized carbons (Fsp3) is 0.533. The van der Waals surface area contributed by atoms with E-state index in [1.807, 2.05) is 18.2 Å². The van der Waals surface area contributed by atoms with E-state index < -0.39 is 12.1 Å². The molecule has 0 aromatic heterocycles. The number of hydrogen-bond acceptors (Lipinski definition) is 2. The zero-order valence-electron chi connectivity index (χ0n) is 10.8. The van der Waals surface area contributed by atoms with Crippen molar-refractivity contribution in [3.8, 4) is 5.75 Å². The van der Waals surface area contributed by atoms with Crippen LogP contribution in [0.4, 0.5) is 0 Å². The van der Waals surface area contributed by atoms with E-state index in [1.165, 1.54) is 37.7 Å². The molecule has 1 aliphatic carbocycles. The Morgan fingerprint density at radius 3 is 2.72 bits per heavy atom. The summed E-state index contributed by atoms with van der Waals surface area (Å²) in [5.74, 6) is 0.341. The first-order valence-electron chi connectivity index (χ1n) is 6.66. The maximum Gasteiger partial charge on any atom is 0.344 e. The summed E-state index contributed by atoms with van der Waals surface area (Å²) in [5.41, 5.74) is 1.28. The van der Waals surface area contributed by atoms with Crippen molar-refractivity contribution in [2.45, 2.75) is 51.0 Å². The van der Waals surface area contributed by atoms with Crippen LogP contribution in [0.5, 0.6) is 5.75 Å². The van der Waals surface area contributed by atoms with E-state index in [-0.39, 0.29) is 0 Å². The average Bonchev–Trinajstić information content (AvgIpc) is 2.40. The number of benzene rings is 1. The van der Waals surface area contributed by atoms with Gasteiger partial charge < -0.3 is 9.84 Å². The SMILES string of the molecule is CC(Oc1cccc(C2CCCCC2)c1)C(=O)O. The molecule has 98 valence electrons. The predicted molar refractivity (Wildman–Crippen MR) is 70.0 cm³/mol. The van der Waals surface area contributed by atoms with Crippen molar-refractivity contribution in [3.63, 3.8) is 0 Å². The summed E-state index contributed by atoms with van der Waals surface area (Å²) in [6.07, 6.45) is 5.59. The normalized spacial score (nSPS) is 18.3. The molecule has 1 saturated carbocycles. The van der Waals surface area contributed by atoms with Crippen molar-refractivity contribution in [2.24, 2.45) is 0 Å². The van der Waals surface area contributed by atoms with Gasteiger partial charge in [0.05, 0.1) is 0 Å². The van der Waals surface area contributed by atoms with Crippen LogP contribution in [0.15, 0.2) is 24.3 Å². The minimum absolute atomic E-state index is 0.613. The monoisotopic (exact) mass is 248 g/mol. The number of carboxylic acids is 1. The topological polar surface area (TPSA) is 46.5 Å². The molecule has 1 fully saturated rings. The van der Waals surface area contributed by atoms with Crippen LogP contribution in [-0.2, 0) is 4.79 Å². The third-order valence-electron chi connectivity index (χ3n) is 3.60. The Morgan fingerprint density at radius 1 is 1.33 bits per heavy atom. The molecule has 1 aliphatic rings. The lowest BCUT2D eigenvalue weighted by atomic mass is 9.84. The van der Waals surface area contributed by atoms with Crippen LogP contribution >= 0.6 is 0 Å². The second-order valence-corrected chi connectivity index (χ2v) is 5.01. The van der Waals surface area contributed by atoms with Gasteiger partial charge in [0.1, 0.15) is 5.75 Å². The molecular formula is C15H20O3. The molecule has 0 spiro atoms. The van der Waals surface area contributed by atoms with Crippen LogP contribution in [0.1, 0.15) is 50.5 Å². The number of aliphatic carboxylic acids is 1. The van der Waals surface area contributed by atoms with Gasteiger partial charge in [0, 0.05) is 0 Å². The number of ether oxygens (including phenoxy) is 1. The van der Waals surface area contributed by atoms with Gasteiger partial charge in [-0.15, -0.1) is 0 Å². The van der Waals surface area contributed by atoms with E-state index in [0.717, 1.165) is 0 Å². The van der Waals surface area contributed by atoms with Gasteiger partial charge in [0.25, 0.3) is 0 Å². The number of rotatable bonds is 4. The third kappa shape index (κ3) is 3.25. The van der Waals surface area contributed by atoms with E-state index in [0.29, 0.717) is 11.7 Å². The Bertz CT molecular complexity index is 408. The van der Waals surface area contributed by atoms with Gasteiger partial charge in [-0.1, -0.05) is 31.4 Å². The lowest BCUT2D eigenvalue weighted by Crippen LogP contribution is -2.22. The summed E-state index contributed by atoms with van der Waals surface area (Å²) >= 11 is 0. The van der Waals surface area contributed by atoms with Gasteiger partial charge in [-0.25, -0.2) is 4.79 Å². The molecule has 1 unspecified atom stereocenters. The van der Waals surface area contributed by atoms with Gasteiger partial charge in [0.15, 0.2) is 6.10 Å². The molecule has 0 aliphatic heterocycles.